The van der Waals surface area contributed by atoms with E-state index < -0.39 is 13.0 Å². The maximum Gasteiger partial charge on any atom is 0.255 e. The highest BCUT2D eigenvalue weighted by atomic mass is 19.3. The number of halogens is 2. The fourth-order valence-corrected chi connectivity index (χ4v) is 1.68. The average molecular weight is 257 g/mol. The van der Waals surface area contributed by atoms with E-state index in [1.165, 1.54) is 4.90 Å². The van der Waals surface area contributed by atoms with Crippen LogP contribution in [0.15, 0.2) is 24.3 Å². The standard InChI is InChI=1S/C13H17F2NO2/c1-2-12(18)10-3-5-11(6-4-10)16(7-8-17)9-13(14)15/h3-6,13,17H,2,7-9H2,1H3. The van der Waals surface area contributed by atoms with Crippen LogP contribution in [-0.4, -0.2) is 37.0 Å². The second kappa shape index (κ2) is 7.06. The number of nitrogens with zero attached hydrogens (tertiary/aromatic N) is 1. The van der Waals surface area contributed by atoms with Crippen molar-refractivity contribution in [1.29, 1.82) is 0 Å². The molecule has 1 N–H and O–H groups in total. The predicted octanol–water partition coefficient (Wildman–Crippen LogP) is 2.34. The molecule has 0 aliphatic heterocycles. The minimum atomic E-state index is -2.46. The molecule has 100 valence electrons. The molecule has 0 radical (unpaired) electrons. The largest absolute Gasteiger partial charge is 0.395 e. The lowest BCUT2D eigenvalue weighted by Crippen LogP contribution is -2.31. The molecule has 18 heavy (non-hydrogen) atoms. The van der Waals surface area contributed by atoms with Crippen LogP contribution in [0.2, 0.25) is 0 Å². The summed E-state index contributed by atoms with van der Waals surface area (Å²) in [5.41, 5.74) is 1.15. The molecule has 0 amide bonds. The summed E-state index contributed by atoms with van der Waals surface area (Å²) < 4.78 is 24.8. The second-order valence-electron chi connectivity index (χ2n) is 3.88. The summed E-state index contributed by atoms with van der Waals surface area (Å²) >= 11 is 0. The third-order valence-electron chi connectivity index (χ3n) is 2.60. The number of rotatable bonds is 7. The lowest BCUT2D eigenvalue weighted by molar-refractivity contribution is 0.0988. The van der Waals surface area contributed by atoms with Gasteiger partial charge in [0, 0.05) is 24.2 Å². The molecular formula is C13H17F2NO2. The highest BCUT2D eigenvalue weighted by Gasteiger charge is 2.12. The van der Waals surface area contributed by atoms with Gasteiger partial charge >= 0.3 is 0 Å². The Hall–Kier alpha value is -1.49. The van der Waals surface area contributed by atoms with Crippen LogP contribution in [0.3, 0.4) is 0 Å². The Balaban J connectivity index is 2.82. The van der Waals surface area contributed by atoms with Gasteiger partial charge in [-0.2, -0.15) is 0 Å². The Morgan fingerprint density at radius 1 is 1.33 bits per heavy atom. The Kier molecular flexibility index (Phi) is 5.71. The molecule has 0 aromatic heterocycles. The van der Waals surface area contributed by atoms with Gasteiger partial charge in [-0.1, -0.05) is 6.92 Å². The molecule has 0 heterocycles. The first-order valence-corrected chi connectivity index (χ1v) is 5.85. The minimum Gasteiger partial charge on any atom is -0.395 e. The number of hydrogen-bond acceptors (Lipinski definition) is 3. The molecule has 1 aromatic rings. The highest BCUT2D eigenvalue weighted by Crippen LogP contribution is 2.17. The Labute approximate surface area is 105 Å². The molecule has 0 saturated carbocycles. The predicted molar refractivity (Wildman–Crippen MR) is 66.4 cm³/mol. The molecule has 3 nitrogen and oxygen atoms in total. The number of aliphatic hydroxyl groups is 1. The van der Waals surface area contributed by atoms with Crippen molar-refractivity contribution in [2.45, 2.75) is 19.8 Å². The number of hydrogen-bond donors (Lipinski definition) is 1. The van der Waals surface area contributed by atoms with Crippen LogP contribution in [-0.2, 0) is 0 Å². The fourth-order valence-electron chi connectivity index (χ4n) is 1.68. The van der Waals surface area contributed by atoms with Gasteiger partial charge in [0.1, 0.15) is 0 Å². The van der Waals surface area contributed by atoms with Crippen LogP contribution < -0.4 is 4.90 Å². The molecule has 5 heteroatoms. The van der Waals surface area contributed by atoms with Crippen molar-refractivity contribution < 1.29 is 18.7 Å². The maximum atomic E-state index is 12.4. The monoisotopic (exact) mass is 257 g/mol. The molecule has 1 aromatic carbocycles. The minimum absolute atomic E-state index is 0.0177. The SMILES string of the molecule is CCC(=O)c1ccc(N(CCO)CC(F)F)cc1. The van der Waals surface area contributed by atoms with Crippen molar-refractivity contribution in [2.75, 3.05) is 24.6 Å². The lowest BCUT2D eigenvalue weighted by Gasteiger charge is -2.23. The Morgan fingerprint density at radius 2 is 1.94 bits per heavy atom. The van der Waals surface area contributed by atoms with Crippen molar-refractivity contribution in [2.24, 2.45) is 0 Å². The second-order valence-corrected chi connectivity index (χ2v) is 3.88. The topological polar surface area (TPSA) is 40.5 Å². The van der Waals surface area contributed by atoms with Crippen molar-refractivity contribution in [1.82, 2.24) is 0 Å². The van der Waals surface area contributed by atoms with E-state index in [1.54, 1.807) is 31.2 Å². The molecular weight excluding hydrogens is 240 g/mol. The van der Waals surface area contributed by atoms with Gasteiger partial charge in [0.05, 0.1) is 13.2 Å². The van der Waals surface area contributed by atoms with Crippen LogP contribution in [0.25, 0.3) is 0 Å². The number of anilines is 1. The summed E-state index contributed by atoms with van der Waals surface area (Å²) in [6.07, 6.45) is -2.05. The zero-order valence-electron chi connectivity index (χ0n) is 10.3. The van der Waals surface area contributed by atoms with Crippen LogP contribution in [0.4, 0.5) is 14.5 Å². The van der Waals surface area contributed by atoms with Crippen molar-refractivity contribution in [3.05, 3.63) is 29.8 Å². The van der Waals surface area contributed by atoms with E-state index in [4.69, 9.17) is 5.11 Å². The molecule has 0 bridgehead atoms. The summed E-state index contributed by atoms with van der Waals surface area (Å²) in [6.45, 7) is 1.29. The summed E-state index contributed by atoms with van der Waals surface area (Å²) in [6, 6.07) is 6.50. The maximum absolute atomic E-state index is 12.4. The number of ketones is 1. The van der Waals surface area contributed by atoms with Crippen LogP contribution in [0.1, 0.15) is 23.7 Å². The number of carbonyl (C=O) groups excluding carboxylic acids is 1. The number of aliphatic hydroxyl groups excluding tert-OH is 1. The van der Waals surface area contributed by atoms with E-state index in [9.17, 15) is 13.6 Å². The molecule has 0 atom stereocenters. The quantitative estimate of drug-likeness (QED) is 0.762. The first-order valence-electron chi connectivity index (χ1n) is 5.85. The third-order valence-corrected chi connectivity index (χ3v) is 2.60. The van der Waals surface area contributed by atoms with Crippen LogP contribution in [0.5, 0.6) is 0 Å². The summed E-state index contributed by atoms with van der Waals surface area (Å²) in [5.74, 6) is 0.0177. The van der Waals surface area contributed by atoms with Gasteiger partial charge in [-0.3, -0.25) is 4.79 Å². The highest BCUT2D eigenvalue weighted by molar-refractivity contribution is 5.96. The van der Waals surface area contributed by atoms with E-state index in [0.29, 0.717) is 17.7 Å². The van der Waals surface area contributed by atoms with Crippen LogP contribution >= 0.6 is 0 Å². The van der Waals surface area contributed by atoms with Crippen molar-refractivity contribution in [3.8, 4) is 0 Å². The number of alkyl halides is 2. The molecule has 1 rings (SSSR count). The number of Topliss-reactive ketones (excluding diaryl/α,β-unsaturated/α-hetero) is 1. The lowest BCUT2D eigenvalue weighted by atomic mass is 10.1. The molecule has 0 unspecified atom stereocenters. The Bertz CT molecular complexity index is 379. The molecule has 0 saturated heterocycles. The Morgan fingerprint density at radius 3 is 2.39 bits per heavy atom. The zero-order chi connectivity index (χ0) is 13.5. The fraction of sp³-hybridized carbons (Fsp3) is 0.462. The summed E-state index contributed by atoms with van der Waals surface area (Å²) in [4.78, 5) is 12.8. The first kappa shape index (κ1) is 14.6. The first-order chi connectivity index (χ1) is 8.58. The molecule has 0 aliphatic rings. The van der Waals surface area contributed by atoms with Gasteiger partial charge in [0.2, 0.25) is 0 Å². The van der Waals surface area contributed by atoms with Gasteiger partial charge in [0.15, 0.2) is 5.78 Å². The summed E-state index contributed by atoms with van der Waals surface area (Å²) in [5, 5.41) is 8.85. The van der Waals surface area contributed by atoms with Gasteiger partial charge in [-0.15, -0.1) is 0 Å². The number of benzene rings is 1. The third kappa shape index (κ3) is 4.07. The smallest absolute Gasteiger partial charge is 0.255 e. The van der Waals surface area contributed by atoms with Gasteiger partial charge in [-0.05, 0) is 24.3 Å². The number of carbonyl (C=O) groups is 1. The van der Waals surface area contributed by atoms with Crippen molar-refractivity contribution in [3.63, 3.8) is 0 Å². The van der Waals surface area contributed by atoms with Gasteiger partial charge in [-0.25, -0.2) is 8.78 Å². The van der Waals surface area contributed by atoms with Gasteiger partial charge in [0.25, 0.3) is 6.43 Å². The van der Waals surface area contributed by atoms with E-state index in [1.807, 2.05) is 0 Å². The van der Waals surface area contributed by atoms with E-state index in [2.05, 4.69) is 0 Å². The van der Waals surface area contributed by atoms with Crippen molar-refractivity contribution >= 4 is 11.5 Å². The average Bonchev–Trinajstić information content (AvgIpc) is 2.37. The van der Waals surface area contributed by atoms with E-state index in [-0.39, 0.29) is 18.9 Å². The molecule has 0 spiro atoms. The van der Waals surface area contributed by atoms with Gasteiger partial charge < -0.3 is 10.0 Å². The van der Waals surface area contributed by atoms with Crippen LogP contribution in [0, 0.1) is 0 Å². The zero-order valence-corrected chi connectivity index (χ0v) is 10.3. The van der Waals surface area contributed by atoms with E-state index in [0.717, 1.165) is 0 Å². The molecule has 0 fully saturated rings. The normalized spacial score (nSPS) is 10.7. The summed E-state index contributed by atoms with van der Waals surface area (Å²) in [7, 11) is 0. The molecule has 0 aliphatic carbocycles. The van der Waals surface area contributed by atoms with E-state index >= 15 is 0 Å².